The SMILES string of the molecule is Cc1ccc(C(C)NS(=O)(=O)c2cccc(O)c2)cc1. The second kappa shape index (κ2) is 5.64. The van der Waals surface area contributed by atoms with Crippen molar-refractivity contribution in [3.8, 4) is 5.75 Å². The fraction of sp³-hybridized carbons (Fsp3) is 0.200. The largest absolute Gasteiger partial charge is 0.508 e. The number of hydrogen-bond acceptors (Lipinski definition) is 3. The summed E-state index contributed by atoms with van der Waals surface area (Å²) in [4.78, 5) is 0.0523. The molecule has 0 aliphatic heterocycles. The number of benzene rings is 2. The van der Waals surface area contributed by atoms with Gasteiger partial charge in [0.15, 0.2) is 0 Å². The molecule has 0 aliphatic rings. The van der Waals surface area contributed by atoms with Crippen molar-refractivity contribution < 1.29 is 13.5 Å². The van der Waals surface area contributed by atoms with Crippen LogP contribution in [0.5, 0.6) is 5.75 Å². The quantitative estimate of drug-likeness (QED) is 0.910. The van der Waals surface area contributed by atoms with Crippen LogP contribution >= 0.6 is 0 Å². The van der Waals surface area contributed by atoms with Crippen molar-refractivity contribution in [1.29, 1.82) is 0 Å². The fourth-order valence-corrected chi connectivity index (χ4v) is 3.15. The molecule has 0 saturated heterocycles. The molecular weight excluding hydrogens is 274 g/mol. The summed E-state index contributed by atoms with van der Waals surface area (Å²) in [6.07, 6.45) is 0. The van der Waals surface area contributed by atoms with E-state index in [0.717, 1.165) is 11.1 Å². The summed E-state index contributed by atoms with van der Waals surface area (Å²) >= 11 is 0. The van der Waals surface area contributed by atoms with E-state index in [0.29, 0.717) is 0 Å². The van der Waals surface area contributed by atoms with Crippen molar-refractivity contribution in [2.24, 2.45) is 0 Å². The molecule has 106 valence electrons. The summed E-state index contributed by atoms with van der Waals surface area (Å²) < 4.78 is 27.0. The molecule has 1 unspecified atom stereocenters. The van der Waals surface area contributed by atoms with Gasteiger partial charge in [0.2, 0.25) is 10.0 Å². The maximum Gasteiger partial charge on any atom is 0.241 e. The number of aromatic hydroxyl groups is 1. The summed E-state index contributed by atoms with van der Waals surface area (Å²) in [7, 11) is -3.65. The minimum atomic E-state index is -3.65. The van der Waals surface area contributed by atoms with Crippen LogP contribution in [-0.2, 0) is 10.0 Å². The summed E-state index contributed by atoms with van der Waals surface area (Å²) in [6.45, 7) is 3.76. The van der Waals surface area contributed by atoms with Crippen LogP contribution in [0, 0.1) is 6.92 Å². The monoisotopic (exact) mass is 291 g/mol. The van der Waals surface area contributed by atoms with Gasteiger partial charge in [-0.3, -0.25) is 0 Å². The van der Waals surface area contributed by atoms with Crippen molar-refractivity contribution in [2.45, 2.75) is 24.8 Å². The molecule has 1 atom stereocenters. The first kappa shape index (κ1) is 14.6. The Hall–Kier alpha value is -1.85. The van der Waals surface area contributed by atoms with Gasteiger partial charge in [-0.15, -0.1) is 0 Å². The zero-order valence-corrected chi connectivity index (χ0v) is 12.2. The molecule has 2 aromatic rings. The van der Waals surface area contributed by atoms with Gasteiger partial charge in [-0.25, -0.2) is 13.1 Å². The van der Waals surface area contributed by atoms with Gasteiger partial charge >= 0.3 is 0 Å². The number of nitrogens with one attached hydrogen (secondary N) is 1. The molecule has 2 N–H and O–H groups in total. The highest BCUT2D eigenvalue weighted by Crippen LogP contribution is 2.20. The molecule has 0 radical (unpaired) electrons. The van der Waals surface area contributed by atoms with Crippen LogP contribution in [0.25, 0.3) is 0 Å². The normalized spacial score (nSPS) is 13.1. The maximum atomic E-state index is 12.2. The molecule has 0 aliphatic carbocycles. The first-order valence-corrected chi connectivity index (χ1v) is 7.75. The Morgan fingerprint density at radius 1 is 1.10 bits per heavy atom. The third kappa shape index (κ3) is 3.37. The zero-order valence-electron chi connectivity index (χ0n) is 11.4. The van der Waals surface area contributed by atoms with Gasteiger partial charge in [-0.2, -0.15) is 0 Å². The number of sulfonamides is 1. The van der Waals surface area contributed by atoms with Gasteiger partial charge in [-0.05, 0) is 37.6 Å². The summed E-state index contributed by atoms with van der Waals surface area (Å²) in [5, 5.41) is 9.37. The second-order valence-corrected chi connectivity index (χ2v) is 6.46. The molecular formula is C15H17NO3S. The van der Waals surface area contributed by atoms with Crippen LogP contribution in [0.1, 0.15) is 24.1 Å². The fourth-order valence-electron chi connectivity index (χ4n) is 1.87. The van der Waals surface area contributed by atoms with Crippen LogP contribution < -0.4 is 4.72 Å². The van der Waals surface area contributed by atoms with Gasteiger partial charge in [0.25, 0.3) is 0 Å². The van der Waals surface area contributed by atoms with E-state index >= 15 is 0 Å². The van der Waals surface area contributed by atoms with E-state index in [2.05, 4.69) is 4.72 Å². The topological polar surface area (TPSA) is 66.4 Å². The Kier molecular flexibility index (Phi) is 4.11. The van der Waals surface area contributed by atoms with Crippen molar-refractivity contribution in [1.82, 2.24) is 4.72 Å². The average Bonchev–Trinajstić information content (AvgIpc) is 2.39. The number of hydrogen-bond donors (Lipinski definition) is 2. The van der Waals surface area contributed by atoms with Gasteiger partial charge < -0.3 is 5.11 Å². The van der Waals surface area contributed by atoms with Gasteiger partial charge in [0.05, 0.1) is 4.90 Å². The molecule has 0 amide bonds. The van der Waals surface area contributed by atoms with Crippen LogP contribution in [0.15, 0.2) is 53.4 Å². The van der Waals surface area contributed by atoms with Gasteiger partial charge in [-0.1, -0.05) is 35.9 Å². The van der Waals surface area contributed by atoms with Gasteiger partial charge in [0, 0.05) is 6.04 Å². The molecule has 0 heterocycles. The lowest BCUT2D eigenvalue weighted by atomic mass is 10.1. The molecule has 20 heavy (non-hydrogen) atoms. The van der Waals surface area contributed by atoms with E-state index in [4.69, 9.17) is 0 Å². The van der Waals surface area contributed by atoms with E-state index in [9.17, 15) is 13.5 Å². The van der Waals surface area contributed by atoms with E-state index in [1.54, 1.807) is 6.92 Å². The predicted octanol–water partition coefficient (Wildman–Crippen LogP) is 2.74. The molecule has 0 aromatic heterocycles. The van der Waals surface area contributed by atoms with E-state index in [1.165, 1.54) is 24.3 Å². The van der Waals surface area contributed by atoms with Crippen molar-refractivity contribution in [2.75, 3.05) is 0 Å². The third-order valence-corrected chi connectivity index (χ3v) is 4.58. The van der Waals surface area contributed by atoms with E-state index < -0.39 is 10.0 Å². The summed E-state index contributed by atoms with van der Waals surface area (Å²) in [5.41, 5.74) is 2.01. The third-order valence-electron chi connectivity index (χ3n) is 3.04. The lowest BCUT2D eigenvalue weighted by molar-refractivity contribution is 0.473. The Balaban J connectivity index is 2.22. The standard InChI is InChI=1S/C15H17NO3S/c1-11-6-8-13(9-7-11)12(2)16-20(18,19)15-5-3-4-14(17)10-15/h3-10,12,16-17H,1-2H3. The smallest absolute Gasteiger partial charge is 0.241 e. The maximum absolute atomic E-state index is 12.2. The number of phenols is 1. The molecule has 2 aromatic carbocycles. The Morgan fingerprint density at radius 3 is 2.35 bits per heavy atom. The van der Waals surface area contributed by atoms with Crippen LogP contribution in [-0.4, -0.2) is 13.5 Å². The minimum absolute atomic E-state index is 0.0523. The molecule has 4 nitrogen and oxygen atoms in total. The highest BCUT2D eigenvalue weighted by molar-refractivity contribution is 7.89. The lowest BCUT2D eigenvalue weighted by Gasteiger charge is -2.15. The molecule has 0 saturated carbocycles. The summed E-state index contributed by atoms with van der Waals surface area (Å²) in [5.74, 6) is -0.0733. The first-order chi connectivity index (χ1) is 9.38. The highest BCUT2D eigenvalue weighted by Gasteiger charge is 2.18. The van der Waals surface area contributed by atoms with Crippen molar-refractivity contribution in [3.05, 3.63) is 59.7 Å². The van der Waals surface area contributed by atoms with Gasteiger partial charge in [0.1, 0.15) is 5.75 Å². The molecule has 0 spiro atoms. The molecule has 0 bridgehead atoms. The molecule has 2 rings (SSSR count). The highest BCUT2D eigenvalue weighted by atomic mass is 32.2. The zero-order chi connectivity index (χ0) is 14.8. The predicted molar refractivity (Wildman–Crippen MR) is 78.0 cm³/mol. The Bertz CT molecular complexity index is 693. The van der Waals surface area contributed by atoms with Crippen LogP contribution in [0.2, 0.25) is 0 Å². The van der Waals surface area contributed by atoms with Crippen molar-refractivity contribution in [3.63, 3.8) is 0 Å². The van der Waals surface area contributed by atoms with E-state index in [-0.39, 0.29) is 16.7 Å². The summed E-state index contributed by atoms with van der Waals surface area (Å²) in [6, 6.07) is 12.9. The second-order valence-electron chi connectivity index (χ2n) is 4.75. The first-order valence-electron chi connectivity index (χ1n) is 6.26. The Labute approximate surface area is 119 Å². The molecule has 0 fully saturated rings. The van der Waals surface area contributed by atoms with E-state index in [1.807, 2.05) is 31.2 Å². The van der Waals surface area contributed by atoms with Crippen LogP contribution in [0.4, 0.5) is 0 Å². The minimum Gasteiger partial charge on any atom is -0.508 e. The number of phenolic OH excluding ortho intramolecular Hbond substituents is 1. The van der Waals surface area contributed by atoms with Crippen LogP contribution in [0.3, 0.4) is 0 Å². The lowest BCUT2D eigenvalue weighted by Crippen LogP contribution is -2.26. The number of aryl methyl sites for hydroxylation is 1. The molecule has 5 heteroatoms. The number of rotatable bonds is 4. The average molecular weight is 291 g/mol. The van der Waals surface area contributed by atoms with Crippen molar-refractivity contribution >= 4 is 10.0 Å². The Morgan fingerprint density at radius 2 is 1.75 bits per heavy atom.